The lowest BCUT2D eigenvalue weighted by Gasteiger charge is -2.20. The number of aryl methyl sites for hydroxylation is 2. The topological polar surface area (TPSA) is 25.2 Å². The van der Waals surface area contributed by atoms with E-state index in [1.165, 1.54) is 11.8 Å². The minimum Gasteiger partial charge on any atom is -0.266 e. The second-order valence-corrected chi connectivity index (χ2v) is 7.67. The van der Waals surface area contributed by atoms with E-state index in [1.54, 1.807) is 5.01 Å². The van der Waals surface area contributed by atoms with Gasteiger partial charge in [0.25, 0.3) is 5.91 Å². The molecule has 1 fully saturated rings. The fourth-order valence-electron chi connectivity index (χ4n) is 3.13. The zero-order valence-electron chi connectivity index (χ0n) is 13.9. The van der Waals surface area contributed by atoms with Gasteiger partial charge in [-0.1, -0.05) is 54.2 Å². The molecule has 0 radical (unpaired) electrons. The van der Waals surface area contributed by atoms with Gasteiger partial charge in [-0.3, -0.25) is 9.47 Å². The maximum Gasteiger partial charge on any atom is 0.285 e. The van der Waals surface area contributed by atoms with Crippen molar-refractivity contribution >= 4 is 51.1 Å². The maximum absolute atomic E-state index is 13.0. The largest absolute Gasteiger partial charge is 0.285 e. The van der Waals surface area contributed by atoms with Crippen LogP contribution in [0.2, 0.25) is 0 Å². The number of carbonyl (C=O) groups is 1. The molecular formula is C20H16N2OS2. The summed E-state index contributed by atoms with van der Waals surface area (Å²) in [6, 6.07) is 18.3. The summed E-state index contributed by atoms with van der Waals surface area (Å²) in [5.74, 6) is -0.0784. The fourth-order valence-corrected chi connectivity index (χ4v) is 4.36. The first-order chi connectivity index (χ1) is 12.1. The molecule has 0 spiro atoms. The van der Waals surface area contributed by atoms with Crippen molar-refractivity contribution in [3.05, 3.63) is 76.5 Å². The highest BCUT2D eigenvalue weighted by Gasteiger charge is 2.34. The summed E-state index contributed by atoms with van der Waals surface area (Å²) in [6.07, 6.45) is 1.94. The molecule has 1 amide bonds. The van der Waals surface area contributed by atoms with E-state index >= 15 is 0 Å². The zero-order chi connectivity index (χ0) is 17.6. The van der Waals surface area contributed by atoms with Gasteiger partial charge in [0.1, 0.15) is 0 Å². The van der Waals surface area contributed by atoms with E-state index < -0.39 is 0 Å². The van der Waals surface area contributed by atoms with Gasteiger partial charge in [0, 0.05) is 11.4 Å². The van der Waals surface area contributed by atoms with E-state index in [1.807, 2.05) is 61.0 Å². The number of amides is 1. The third-order valence-corrected chi connectivity index (χ3v) is 5.60. The van der Waals surface area contributed by atoms with E-state index in [2.05, 4.69) is 18.2 Å². The number of fused-ring (bicyclic) bond motifs is 1. The van der Waals surface area contributed by atoms with Crippen LogP contribution in [-0.2, 0) is 4.79 Å². The van der Waals surface area contributed by atoms with Crippen molar-refractivity contribution in [1.82, 2.24) is 4.68 Å². The van der Waals surface area contributed by atoms with Crippen LogP contribution < -0.4 is 5.01 Å². The Morgan fingerprint density at radius 2 is 1.64 bits per heavy atom. The van der Waals surface area contributed by atoms with Gasteiger partial charge in [-0.15, -0.1) is 0 Å². The molecule has 2 heterocycles. The summed E-state index contributed by atoms with van der Waals surface area (Å²) in [4.78, 5) is 13.6. The Morgan fingerprint density at radius 3 is 2.40 bits per heavy atom. The van der Waals surface area contributed by atoms with E-state index in [-0.39, 0.29) is 5.91 Å². The predicted octanol–water partition coefficient (Wildman–Crippen LogP) is 4.80. The van der Waals surface area contributed by atoms with Gasteiger partial charge in [0.05, 0.1) is 4.91 Å². The lowest BCUT2D eigenvalue weighted by atomic mass is 10.0. The van der Waals surface area contributed by atoms with E-state index in [9.17, 15) is 4.79 Å². The van der Waals surface area contributed by atoms with Crippen LogP contribution in [-0.4, -0.2) is 14.9 Å². The van der Waals surface area contributed by atoms with E-state index in [4.69, 9.17) is 12.2 Å². The van der Waals surface area contributed by atoms with Crippen LogP contribution >= 0.6 is 24.0 Å². The SMILES string of the molecule is Cc1ccc(C)n1N1C(=O)/C(=C\c2cccc3ccccc23)SC1=S. The first-order valence-corrected chi connectivity index (χ1v) is 9.20. The average molecular weight is 364 g/mol. The molecule has 3 nitrogen and oxygen atoms in total. The van der Waals surface area contributed by atoms with Gasteiger partial charge < -0.3 is 0 Å². The average Bonchev–Trinajstić information content (AvgIpc) is 3.07. The van der Waals surface area contributed by atoms with Gasteiger partial charge in [-0.2, -0.15) is 5.01 Å². The highest BCUT2D eigenvalue weighted by molar-refractivity contribution is 8.27. The number of nitrogens with zero attached hydrogens (tertiary/aromatic N) is 2. The van der Waals surface area contributed by atoms with Crippen molar-refractivity contribution in [3.63, 3.8) is 0 Å². The fraction of sp³-hybridized carbons (Fsp3) is 0.100. The van der Waals surface area contributed by atoms with E-state index in [0.717, 1.165) is 27.7 Å². The van der Waals surface area contributed by atoms with Crippen LogP contribution in [0.15, 0.2) is 59.5 Å². The Morgan fingerprint density at radius 1 is 0.960 bits per heavy atom. The summed E-state index contributed by atoms with van der Waals surface area (Å²) in [6.45, 7) is 3.94. The molecule has 3 aromatic rings. The summed E-state index contributed by atoms with van der Waals surface area (Å²) in [5, 5.41) is 3.87. The molecule has 0 unspecified atom stereocenters. The number of hydrogen-bond acceptors (Lipinski definition) is 3. The third kappa shape index (κ3) is 2.69. The van der Waals surface area contributed by atoms with Crippen molar-refractivity contribution in [2.24, 2.45) is 0 Å². The maximum atomic E-state index is 13.0. The van der Waals surface area contributed by atoms with Gasteiger partial charge in [0.15, 0.2) is 4.32 Å². The van der Waals surface area contributed by atoms with Crippen molar-refractivity contribution in [2.75, 3.05) is 5.01 Å². The van der Waals surface area contributed by atoms with Crippen LogP contribution in [0.5, 0.6) is 0 Å². The first-order valence-electron chi connectivity index (χ1n) is 7.97. The van der Waals surface area contributed by atoms with Gasteiger partial charge in [-0.25, -0.2) is 0 Å². The molecule has 1 aliphatic rings. The van der Waals surface area contributed by atoms with Crippen LogP contribution in [0.4, 0.5) is 0 Å². The van der Waals surface area contributed by atoms with Crippen molar-refractivity contribution in [1.29, 1.82) is 0 Å². The summed E-state index contributed by atoms with van der Waals surface area (Å²) in [5.41, 5.74) is 3.00. The molecule has 124 valence electrons. The number of rotatable bonds is 2. The Bertz CT molecular complexity index is 1020. The molecular weight excluding hydrogens is 348 g/mol. The summed E-state index contributed by atoms with van der Waals surface area (Å²) < 4.78 is 2.43. The Hall–Kier alpha value is -2.37. The molecule has 0 saturated carbocycles. The smallest absolute Gasteiger partial charge is 0.266 e. The van der Waals surface area contributed by atoms with E-state index in [0.29, 0.717) is 9.23 Å². The first kappa shape index (κ1) is 16.1. The normalized spacial score (nSPS) is 16.4. The molecule has 1 aliphatic heterocycles. The van der Waals surface area contributed by atoms with Crippen LogP contribution in [0.1, 0.15) is 17.0 Å². The molecule has 5 heteroatoms. The molecule has 0 N–H and O–H groups in total. The summed E-state index contributed by atoms with van der Waals surface area (Å²) >= 11 is 6.83. The van der Waals surface area contributed by atoms with Gasteiger partial charge in [0.2, 0.25) is 0 Å². The van der Waals surface area contributed by atoms with Crippen LogP contribution in [0.3, 0.4) is 0 Å². The number of carbonyl (C=O) groups excluding carboxylic acids is 1. The van der Waals surface area contributed by atoms with Crippen molar-refractivity contribution in [2.45, 2.75) is 13.8 Å². The minimum absolute atomic E-state index is 0.0784. The standard InChI is InChI=1S/C20H16N2OS2/c1-13-10-11-14(2)21(13)22-19(23)18(25-20(22)24)12-16-8-5-7-15-6-3-4-9-17(15)16/h3-12H,1-2H3/b18-12+. The molecule has 0 aliphatic carbocycles. The lowest BCUT2D eigenvalue weighted by molar-refractivity contribution is -0.114. The van der Waals surface area contributed by atoms with Crippen LogP contribution in [0, 0.1) is 13.8 Å². The number of thiocarbonyl (C=S) groups is 1. The quantitative estimate of drug-likeness (QED) is 0.483. The minimum atomic E-state index is -0.0784. The molecule has 0 bridgehead atoms. The Labute approximate surface area is 155 Å². The second-order valence-electron chi connectivity index (χ2n) is 5.99. The molecule has 2 aromatic carbocycles. The molecule has 1 saturated heterocycles. The number of thioether (sulfide) groups is 1. The molecule has 4 rings (SSSR count). The van der Waals surface area contributed by atoms with Crippen LogP contribution in [0.25, 0.3) is 16.8 Å². The highest BCUT2D eigenvalue weighted by atomic mass is 32.2. The zero-order valence-corrected chi connectivity index (χ0v) is 15.5. The molecule has 0 atom stereocenters. The monoisotopic (exact) mass is 364 g/mol. The molecule has 1 aromatic heterocycles. The van der Waals surface area contributed by atoms with Gasteiger partial charge >= 0.3 is 0 Å². The third-order valence-electron chi connectivity index (χ3n) is 4.32. The Balaban J connectivity index is 1.78. The number of hydrogen-bond donors (Lipinski definition) is 0. The van der Waals surface area contributed by atoms with Crippen molar-refractivity contribution < 1.29 is 4.79 Å². The van der Waals surface area contributed by atoms with Crippen molar-refractivity contribution in [3.8, 4) is 0 Å². The van der Waals surface area contributed by atoms with Gasteiger partial charge in [-0.05, 0) is 60.6 Å². The highest BCUT2D eigenvalue weighted by Crippen LogP contribution is 2.34. The molecule has 25 heavy (non-hydrogen) atoms. The second kappa shape index (κ2) is 6.17. The summed E-state index contributed by atoms with van der Waals surface area (Å²) in [7, 11) is 0. The number of benzene rings is 2. The number of aromatic nitrogens is 1. The Kier molecular flexibility index (Phi) is 3.98. The lowest BCUT2D eigenvalue weighted by Crippen LogP contribution is -2.39. The predicted molar refractivity (Wildman–Crippen MR) is 109 cm³/mol.